The molecule has 0 radical (unpaired) electrons. The van der Waals surface area contributed by atoms with E-state index < -0.39 is 9.84 Å². The molecule has 2 heterocycles. The number of rotatable bonds is 4. The van der Waals surface area contributed by atoms with Crippen molar-refractivity contribution >= 4 is 15.8 Å². The Balaban J connectivity index is 1.68. The normalized spacial score (nSPS) is 22.0. The van der Waals surface area contributed by atoms with E-state index in [9.17, 15) is 8.42 Å². The maximum Gasteiger partial charge on any atom is 0.225 e. The van der Waals surface area contributed by atoms with Crippen molar-refractivity contribution in [2.75, 3.05) is 29.5 Å². The summed E-state index contributed by atoms with van der Waals surface area (Å²) in [5, 5.41) is 3.46. The van der Waals surface area contributed by atoms with E-state index >= 15 is 0 Å². The molecule has 1 aliphatic heterocycles. The van der Waals surface area contributed by atoms with Gasteiger partial charge >= 0.3 is 0 Å². The third-order valence-corrected chi connectivity index (χ3v) is 5.78. The zero-order valence-corrected chi connectivity index (χ0v) is 13.2. The van der Waals surface area contributed by atoms with Gasteiger partial charge < -0.3 is 10.2 Å². The lowest BCUT2D eigenvalue weighted by atomic mass is 10.2. The first-order chi connectivity index (χ1) is 10.0. The predicted molar refractivity (Wildman–Crippen MR) is 82.1 cm³/mol. The highest BCUT2D eigenvalue weighted by molar-refractivity contribution is 7.91. The van der Waals surface area contributed by atoms with Gasteiger partial charge in [0.05, 0.1) is 11.5 Å². The quantitative estimate of drug-likeness (QED) is 0.880. The number of nitrogens with zero attached hydrogens (tertiary/aromatic N) is 3. The summed E-state index contributed by atoms with van der Waals surface area (Å²) < 4.78 is 23.3. The SMILES string of the molecule is Cc1nc(N2CCCS(=O)(=O)CC2)ncc1CNC1CC1. The molecule has 0 amide bonds. The number of hydrogen-bond donors (Lipinski definition) is 1. The van der Waals surface area contributed by atoms with E-state index in [1.165, 1.54) is 12.8 Å². The van der Waals surface area contributed by atoms with Gasteiger partial charge in [0.15, 0.2) is 9.84 Å². The molecule has 3 rings (SSSR count). The van der Waals surface area contributed by atoms with Gasteiger partial charge in [0, 0.05) is 43.1 Å². The minimum Gasteiger partial charge on any atom is -0.340 e. The first kappa shape index (κ1) is 14.7. The first-order valence-corrected chi connectivity index (χ1v) is 9.37. The number of aryl methyl sites for hydroxylation is 1. The van der Waals surface area contributed by atoms with Gasteiger partial charge in [-0.05, 0) is 26.2 Å². The summed E-state index contributed by atoms with van der Waals surface area (Å²) in [6.45, 7) is 3.99. The van der Waals surface area contributed by atoms with E-state index in [1.54, 1.807) is 0 Å². The van der Waals surface area contributed by atoms with E-state index in [0.29, 0.717) is 31.5 Å². The lowest BCUT2D eigenvalue weighted by Gasteiger charge is -2.20. The van der Waals surface area contributed by atoms with Crippen LogP contribution < -0.4 is 10.2 Å². The minimum absolute atomic E-state index is 0.195. The van der Waals surface area contributed by atoms with Gasteiger partial charge in [0.2, 0.25) is 5.95 Å². The zero-order valence-electron chi connectivity index (χ0n) is 12.4. The van der Waals surface area contributed by atoms with Crippen LogP contribution in [0.3, 0.4) is 0 Å². The Labute approximate surface area is 125 Å². The average Bonchev–Trinajstić information content (AvgIpc) is 3.25. The van der Waals surface area contributed by atoms with Gasteiger partial charge in [0.25, 0.3) is 0 Å². The number of hydrogen-bond acceptors (Lipinski definition) is 6. The van der Waals surface area contributed by atoms with Crippen LogP contribution in [-0.2, 0) is 16.4 Å². The van der Waals surface area contributed by atoms with E-state index in [-0.39, 0.29) is 11.5 Å². The molecule has 0 aromatic carbocycles. The van der Waals surface area contributed by atoms with Crippen molar-refractivity contribution in [2.45, 2.75) is 38.8 Å². The second-order valence-electron chi connectivity index (χ2n) is 5.93. The summed E-state index contributed by atoms with van der Waals surface area (Å²) in [6, 6.07) is 0.667. The van der Waals surface area contributed by atoms with E-state index in [1.807, 2.05) is 18.0 Å². The Morgan fingerprint density at radius 2 is 2.14 bits per heavy atom. The van der Waals surface area contributed by atoms with Crippen LogP contribution in [-0.4, -0.2) is 49.0 Å². The van der Waals surface area contributed by atoms with Crippen LogP contribution in [0.5, 0.6) is 0 Å². The zero-order chi connectivity index (χ0) is 14.9. The number of sulfone groups is 1. The highest BCUT2D eigenvalue weighted by atomic mass is 32.2. The second-order valence-corrected chi connectivity index (χ2v) is 8.23. The summed E-state index contributed by atoms with van der Waals surface area (Å²) in [7, 11) is -2.90. The van der Waals surface area contributed by atoms with E-state index in [0.717, 1.165) is 17.8 Å². The Hall–Kier alpha value is -1.21. The molecule has 7 heteroatoms. The van der Waals surface area contributed by atoms with Crippen molar-refractivity contribution in [1.29, 1.82) is 0 Å². The standard InChI is InChI=1S/C14H22N4O2S/c1-11-12(9-15-13-3-4-13)10-16-14(17-11)18-5-2-7-21(19,20)8-6-18/h10,13,15H,2-9H2,1H3. The monoisotopic (exact) mass is 310 g/mol. The van der Waals surface area contributed by atoms with Crippen LogP contribution in [0, 0.1) is 6.92 Å². The molecule has 1 N–H and O–H groups in total. The molecule has 116 valence electrons. The fourth-order valence-corrected chi connectivity index (χ4v) is 3.76. The van der Waals surface area contributed by atoms with Gasteiger partial charge in [-0.15, -0.1) is 0 Å². The van der Waals surface area contributed by atoms with Crippen LogP contribution >= 0.6 is 0 Å². The summed E-state index contributed by atoms with van der Waals surface area (Å²) >= 11 is 0. The van der Waals surface area contributed by atoms with Crippen LogP contribution in [0.25, 0.3) is 0 Å². The summed E-state index contributed by atoms with van der Waals surface area (Å²) in [4.78, 5) is 11.0. The maximum absolute atomic E-state index is 11.6. The molecule has 1 aliphatic carbocycles. The van der Waals surface area contributed by atoms with Gasteiger partial charge in [0.1, 0.15) is 0 Å². The molecule has 0 unspecified atom stereocenters. The van der Waals surface area contributed by atoms with Crippen molar-refractivity contribution < 1.29 is 8.42 Å². The first-order valence-electron chi connectivity index (χ1n) is 7.55. The Morgan fingerprint density at radius 3 is 2.86 bits per heavy atom. The van der Waals surface area contributed by atoms with Gasteiger partial charge in [-0.1, -0.05) is 0 Å². The highest BCUT2D eigenvalue weighted by Crippen LogP contribution is 2.20. The van der Waals surface area contributed by atoms with Crippen molar-refractivity contribution in [3.8, 4) is 0 Å². The third-order valence-electron chi connectivity index (χ3n) is 4.07. The molecule has 6 nitrogen and oxygen atoms in total. The highest BCUT2D eigenvalue weighted by Gasteiger charge is 2.22. The van der Waals surface area contributed by atoms with Crippen molar-refractivity contribution in [1.82, 2.24) is 15.3 Å². The van der Waals surface area contributed by atoms with Crippen LogP contribution in [0.4, 0.5) is 5.95 Å². The fraction of sp³-hybridized carbons (Fsp3) is 0.714. The summed E-state index contributed by atoms with van der Waals surface area (Å²) in [5.74, 6) is 1.12. The molecular formula is C14H22N4O2S. The fourth-order valence-electron chi connectivity index (χ4n) is 2.49. The number of aromatic nitrogens is 2. The van der Waals surface area contributed by atoms with E-state index in [4.69, 9.17) is 0 Å². The average molecular weight is 310 g/mol. The van der Waals surface area contributed by atoms with Crippen LogP contribution in [0.15, 0.2) is 6.20 Å². The molecule has 21 heavy (non-hydrogen) atoms. The van der Waals surface area contributed by atoms with Gasteiger partial charge in [-0.25, -0.2) is 18.4 Å². The minimum atomic E-state index is -2.90. The van der Waals surface area contributed by atoms with Gasteiger partial charge in [-0.3, -0.25) is 0 Å². The lowest BCUT2D eigenvalue weighted by Crippen LogP contribution is -2.29. The smallest absolute Gasteiger partial charge is 0.225 e. The van der Waals surface area contributed by atoms with E-state index in [2.05, 4.69) is 15.3 Å². The Bertz CT molecular complexity index is 613. The van der Waals surface area contributed by atoms with Crippen molar-refractivity contribution in [3.63, 3.8) is 0 Å². The van der Waals surface area contributed by atoms with Crippen LogP contribution in [0.2, 0.25) is 0 Å². The molecule has 2 fully saturated rings. The van der Waals surface area contributed by atoms with Crippen LogP contribution in [0.1, 0.15) is 30.5 Å². The molecule has 0 spiro atoms. The lowest BCUT2D eigenvalue weighted by molar-refractivity contribution is 0.597. The molecule has 0 bridgehead atoms. The molecule has 1 saturated carbocycles. The third kappa shape index (κ3) is 3.91. The number of anilines is 1. The van der Waals surface area contributed by atoms with Crippen molar-refractivity contribution in [3.05, 3.63) is 17.5 Å². The molecule has 1 aromatic heterocycles. The maximum atomic E-state index is 11.6. The topological polar surface area (TPSA) is 75.2 Å². The molecule has 1 saturated heterocycles. The molecule has 0 atom stereocenters. The Kier molecular flexibility index (Phi) is 4.12. The van der Waals surface area contributed by atoms with Gasteiger partial charge in [-0.2, -0.15) is 0 Å². The molecule has 1 aromatic rings. The van der Waals surface area contributed by atoms with Crippen molar-refractivity contribution in [2.24, 2.45) is 0 Å². The number of nitrogens with one attached hydrogen (secondary N) is 1. The second kappa shape index (κ2) is 5.88. The molecule has 2 aliphatic rings. The molecular weight excluding hydrogens is 288 g/mol. The summed E-state index contributed by atoms with van der Waals surface area (Å²) in [6.07, 6.45) is 5.04. The predicted octanol–water partition coefficient (Wildman–Crippen LogP) is 0.662. The Morgan fingerprint density at radius 1 is 1.33 bits per heavy atom. The summed E-state index contributed by atoms with van der Waals surface area (Å²) in [5.41, 5.74) is 2.09. The largest absolute Gasteiger partial charge is 0.340 e.